The van der Waals surface area contributed by atoms with Gasteiger partial charge in [0, 0.05) is 10.2 Å². The summed E-state index contributed by atoms with van der Waals surface area (Å²) in [4.78, 5) is 12.2. The van der Waals surface area contributed by atoms with Gasteiger partial charge in [-0.15, -0.1) is 0 Å². The van der Waals surface area contributed by atoms with Crippen molar-refractivity contribution in [3.05, 3.63) is 58.1 Å². The van der Waals surface area contributed by atoms with E-state index in [4.69, 9.17) is 4.74 Å². The first-order valence-corrected chi connectivity index (χ1v) is 7.55. The Kier molecular flexibility index (Phi) is 5.02. The topological polar surface area (TPSA) is 38.3 Å². The fraction of sp³-hybridized carbons (Fsp3) is 0.235. The number of carbonyl (C=O) groups excluding carboxylic acids is 1. The van der Waals surface area contributed by atoms with Crippen LogP contribution in [0.25, 0.3) is 0 Å². The minimum atomic E-state index is -0.561. The summed E-state index contributed by atoms with van der Waals surface area (Å²) in [5.41, 5.74) is 2.87. The maximum Gasteiger partial charge on any atom is 0.265 e. The number of rotatable bonds is 4. The van der Waals surface area contributed by atoms with Gasteiger partial charge in [-0.05, 0) is 62.2 Å². The first-order chi connectivity index (χ1) is 9.95. The van der Waals surface area contributed by atoms with Crippen molar-refractivity contribution in [2.24, 2.45) is 0 Å². The molecule has 110 valence electrons. The second-order valence-corrected chi connectivity index (χ2v) is 5.94. The maximum absolute atomic E-state index is 12.2. The van der Waals surface area contributed by atoms with Gasteiger partial charge >= 0.3 is 0 Å². The zero-order chi connectivity index (χ0) is 15.4. The molecule has 3 nitrogen and oxygen atoms in total. The highest BCUT2D eigenvalue weighted by Crippen LogP contribution is 2.21. The molecule has 0 saturated heterocycles. The van der Waals surface area contributed by atoms with Gasteiger partial charge in [-0.25, -0.2) is 0 Å². The molecule has 1 amide bonds. The standard InChI is InChI=1S/C17H18BrNO2/c1-11-4-5-12(2)16(10-11)21-13(3)17(20)19-15-8-6-14(18)7-9-15/h4-10,13H,1-3H3,(H,19,20). The fourth-order valence-corrected chi connectivity index (χ4v) is 2.12. The summed E-state index contributed by atoms with van der Waals surface area (Å²) < 4.78 is 6.73. The highest BCUT2D eigenvalue weighted by molar-refractivity contribution is 9.10. The van der Waals surface area contributed by atoms with E-state index in [0.29, 0.717) is 0 Å². The lowest BCUT2D eigenvalue weighted by Crippen LogP contribution is -2.30. The molecular weight excluding hydrogens is 330 g/mol. The van der Waals surface area contributed by atoms with E-state index in [1.54, 1.807) is 6.92 Å². The van der Waals surface area contributed by atoms with Gasteiger partial charge in [-0.1, -0.05) is 28.1 Å². The Morgan fingerprint density at radius 2 is 1.81 bits per heavy atom. The van der Waals surface area contributed by atoms with Crippen LogP contribution in [0.3, 0.4) is 0 Å². The number of amides is 1. The van der Waals surface area contributed by atoms with Crippen molar-refractivity contribution in [3.63, 3.8) is 0 Å². The highest BCUT2D eigenvalue weighted by Gasteiger charge is 2.15. The Morgan fingerprint density at radius 3 is 2.48 bits per heavy atom. The third-order valence-corrected chi connectivity index (χ3v) is 3.66. The van der Waals surface area contributed by atoms with Gasteiger partial charge in [0.15, 0.2) is 6.10 Å². The Hall–Kier alpha value is -1.81. The number of nitrogens with one attached hydrogen (secondary N) is 1. The summed E-state index contributed by atoms with van der Waals surface area (Å²) in [5, 5.41) is 2.84. The van der Waals surface area contributed by atoms with E-state index in [0.717, 1.165) is 27.0 Å². The highest BCUT2D eigenvalue weighted by atomic mass is 79.9. The molecule has 4 heteroatoms. The minimum absolute atomic E-state index is 0.168. The van der Waals surface area contributed by atoms with E-state index >= 15 is 0 Å². The van der Waals surface area contributed by atoms with Crippen LogP contribution >= 0.6 is 15.9 Å². The van der Waals surface area contributed by atoms with Crippen molar-refractivity contribution in [1.82, 2.24) is 0 Å². The minimum Gasteiger partial charge on any atom is -0.481 e. The summed E-state index contributed by atoms with van der Waals surface area (Å²) in [6, 6.07) is 13.4. The molecule has 0 aliphatic carbocycles. The van der Waals surface area contributed by atoms with Crippen molar-refractivity contribution >= 4 is 27.5 Å². The number of benzene rings is 2. The van der Waals surface area contributed by atoms with Gasteiger partial charge in [0.05, 0.1) is 0 Å². The average molecular weight is 348 g/mol. The van der Waals surface area contributed by atoms with Crippen LogP contribution in [0.15, 0.2) is 46.9 Å². The van der Waals surface area contributed by atoms with E-state index < -0.39 is 6.10 Å². The molecule has 1 atom stereocenters. The normalized spacial score (nSPS) is 11.8. The number of ether oxygens (including phenoxy) is 1. The van der Waals surface area contributed by atoms with Crippen LogP contribution in [0.4, 0.5) is 5.69 Å². The summed E-state index contributed by atoms with van der Waals surface area (Å²) in [7, 11) is 0. The third kappa shape index (κ3) is 4.33. The monoisotopic (exact) mass is 347 g/mol. The number of hydrogen-bond acceptors (Lipinski definition) is 2. The molecule has 0 bridgehead atoms. The van der Waals surface area contributed by atoms with Crippen molar-refractivity contribution in [2.45, 2.75) is 26.9 Å². The molecular formula is C17H18BrNO2. The molecule has 1 N–H and O–H groups in total. The molecule has 0 spiro atoms. The van der Waals surface area contributed by atoms with Gasteiger partial charge in [0.25, 0.3) is 5.91 Å². The van der Waals surface area contributed by atoms with Crippen LogP contribution in [-0.2, 0) is 4.79 Å². The van der Waals surface area contributed by atoms with Crippen molar-refractivity contribution in [2.75, 3.05) is 5.32 Å². The predicted molar refractivity (Wildman–Crippen MR) is 88.8 cm³/mol. The number of anilines is 1. The average Bonchev–Trinajstić information content (AvgIpc) is 2.45. The van der Waals surface area contributed by atoms with Crippen molar-refractivity contribution < 1.29 is 9.53 Å². The number of carbonyl (C=O) groups is 1. The van der Waals surface area contributed by atoms with E-state index in [9.17, 15) is 4.79 Å². The van der Waals surface area contributed by atoms with Gasteiger partial charge in [0.2, 0.25) is 0 Å². The molecule has 0 aliphatic rings. The summed E-state index contributed by atoms with van der Waals surface area (Å²) >= 11 is 3.36. The molecule has 0 radical (unpaired) electrons. The third-order valence-electron chi connectivity index (χ3n) is 3.13. The van der Waals surface area contributed by atoms with Crippen LogP contribution in [-0.4, -0.2) is 12.0 Å². The summed E-state index contributed by atoms with van der Waals surface area (Å²) in [5.74, 6) is 0.576. The summed E-state index contributed by atoms with van der Waals surface area (Å²) in [6.45, 7) is 5.71. The van der Waals surface area contributed by atoms with Crippen LogP contribution in [0.1, 0.15) is 18.1 Å². The Labute approximate surface area is 133 Å². The number of hydrogen-bond donors (Lipinski definition) is 1. The molecule has 0 aliphatic heterocycles. The Bertz CT molecular complexity index is 638. The van der Waals surface area contributed by atoms with E-state index in [1.807, 2.05) is 56.3 Å². The Balaban J connectivity index is 2.02. The molecule has 2 aromatic carbocycles. The van der Waals surface area contributed by atoms with E-state index in [-0.39, 0.29) is 5.91 Å². The molecule has 21 heavy (non-hydrogen) atoms. The molecule has 1 unspecified atom stereocenters. The quantitative estimate of drug-likeness (QED) is 0.885. The van der Waals surface area contributed by atoms with Crippen LogP contribution in [0, 0.1) is 13.8 Å². The van der Waals surface area contributed by atoms with Crippen LogP contribution in [0.2, 0.25) is 0 Å². The van der Waals surface area contributed by atoms with Gasteiger partial charge in [-0.3, -0.25) is 4.79 Å². The molecule has 0 saturated carbocycles. The lowest BCUT2D eigenvalue weighted by atomic mass is 10.1. The van der Waals surface area contributed by atoms with Crippen LogP contribution < -0.4 is 10.1 Å². The van der Waals surface area contributed by atoms with Gasteiger partial charge in [-0.2, -0.15) is 0 Å². The SMILES string of the molecule is Cc1ccc(C)c(OC(C)C(=O)Nc2ccc(Br)cc2)c1. The first-order valence-electron chi connectivity index (χ1n) is 6.76. The number of aryl methyl sites for hydroxylation is 2. The van der Waals surface area contributed by atoms with Crippen molar-refractivity contribution in [3.8, 4) is 5.75 Å². The predicted octanol–water partition coefficient (Wildman–Crippen LogP) is 4.47. The lowest BCUT2D eigenvalue weighted by Gasteiger charge is -2.16. The van der Waals surface area contributed by atoms with Gasteiger partial charge in [0.1, 0.15) is 5.75 Å². The fourth-order valence-electron chi connectivity index (χ4n) is 1.86. The zero-order valence-corrected chi connectivity index (χ0v) is 13.9. The van der Waals surface area contributed by atoms with Gasteiger partial charge < -0.3 is 10.1 Å². The zero-order valence-electron chi connectivity index (χ0n) is 12.3. The van der Waals surface area contributed by atoms with E-state index in [1.165, 1.54) is 0 Å². The second kappa shape index (κ2) is 6.76. The maximum atomic E-state index is 12.2. The molecule has 2 aromatic rings. The van der Waals surface area contributed by atoms with Crippen molar-refractivity contribution in [1.29, 1.82) is 0 Å². The number of halogens is 1. The first kappa shape index (κ1) is 15.6. The molecule has 0 fully saturated rings. The van der Waals surface area contributed by atoms with Crippen LogP contribution in [0.5, 0.6) is 5.75 Å². The second-order valence-electron chi connectivity index (χ2n) is 5.03. The Morgan fingerprint density at radius 1 is 1.14 bits per heavy atom. The largest absolute Gasteiger partial charge is 0.481 e. The molecule has 2 rings (SSSR count). The van der Waals surface area contributed by atoms with E-state index in [2.05, 4.69) is 21.2 Å². The smallest absolute Gasteiger partial charge is 0.265 e. The molecule has 0 aromatic heterocycles. The molecule has 0 heterocycles. The lowest BCUT2D eigenvalue weighted by molar-refractivity contribution is -0.122. The summed E-state index contributed by atoms with van der Waals surface area (Å²) in [6.07, 6.45) is -0.561.